The Labute approximate surface area is 208 Å². The van der Waals surface area contributed by atoms with Crippen LogP contribution in [0.2, 0.25) is 0 Å². The predicted molar refractivity (Wildman–Crippen MR) is 134 cm³/mol. The lowest BCUT2D eigenvalue weighted by Gasteiger charge is -2.19. The number of carbonyl (C=O) groups excluding carboxylic acids is 1. The number of alkyl halides is 3. The average Bonchev–Trinajstić information content (AvgIpc) is 3.32. The summed E-state index contributed by atoms with van der Waals surface area (Å²) in [6.45, 7) is 3.21. The van der Waals surface area contributed by atoms with Gasteiger partial charge in [0.2, 0.25) is 0 Å². The van der Waals surface area contributed by atoms with Crippen LogP contribution in [0.15, 0.2) is 77.7 Å². The Bertz CT molecular complexity index is 1300. The van der Waals surface area contributed by atoms with Gasteiger partial charge in [-0.2, -0.15) is 13.2 Å². The van der Waals surface area contributed by atoms with E-state index in [1.165, 1.54) is 12.1 Å². The molecule has 1 N–H and O–H groups in total. The van der Waals surface area contributed by atoms with Crippen molar-refractivity contribution in [3.8, 4) is 0 Å². The van der Waals surface area contributed by atoms with Crippen LogP contribution in [-0.2, 0) is 22.4 Å². The van der Waals surface area contributed by atoms with Gasteiger partial charge in [-0.15, -0.1) is 0 Å². The number of nitrogens with one attached hydrogen (secondary N) is 1. The van der Waals surface area contributed by atoms with Crippen molar-refractivity contribution in [1.82, 2.24) is 0 Å². The summed E-state index contributed by atoms with van der Waals surface area (Å²) < 4.78 is 62.1. The highest BCUT2D eigenvalue weighted by Crippen LogP contribution is 2.31. The molecule has 36 heavy (non-hydrogen) atoms. The van der Waals surface area contributed by atoms with E-state index in [0.29, 0.717) is 23.6 Å². The third-order valence-corrected chi connectivity index (χ3v) is 8.19. The molecule has 1 heterocycles. The molecule has 0 bridgehead atoms. The molecule has 1 fully saturated rings. The third-order valence-electron chi connectivity index (χ3n) is 6.44. The van der Waals surface area contributed by atoms with Crippen molar-refractivity contribution in [2.24, 2.45) is 5.92 Å². The van der Waals surface area contributed by atoms with Crippen molar-refractivity contribution in [2.45, 2.75) is 30.8 Å². The number of halogens is 3. The second-order valence-electron chi connectivity index (χ2n) is 8.93. The van der Waals surface area contributed by atoms with Crippen LogP contribution in [0.5, 0.6) is 0 Å². The van der Waals surface area contributed by atoms with E-state index in [-0.39, 0.29) is 16.6 Å². The van der Waals surface area contributed by atoms with Crippen LogP contribution in [0.4, 0.5) is 24.5 Å². The minimum atomic E-state index is -4.33. The molecule has 5 nitrogen and oxygen atoms in total. The highest BCUT2D eigenvalue weighted by Gasteiger charge is 2.30. The van der Waals surface area contributed by atoms with Gasteiger partial charge < -0.3 is 10.2 Å². The van der Waals surface area contributed by atoms with Crippen molar-refractivity contribution in [1.29, 1.82) is 0 Å². The van der Waals surface area contributed by atoms with Gasteiger partial charge in [-0.3, -0.25) is 4.79 Å². The predicted octanol–water partition coefficient (Wildman–Crippen LogP) is 5.82. The van der Waals surface area contributed by atoms with E-state index in [2.05, 4.69) is 10.2 Å². The van der Waals surface area contributed by atoms with E-state index in [9.17, 15) is 26.4 Å². The largest absolute Gasteiger partial charge is 0.416 e. The van der Waals surface area contributed by atoms with Crippen molar-refractivity contribution in [3.63, 3.8) is 0 Å². The quantitative estimate of drug-likeness (QED) is 0.430. The summed E-state index contributed by atoms with van der Waals surface area (Å²) in [7, 11) is -3.30. The molecule has 3 aromatic rings. The Kier molecular flexibility index (Phi) is 7.40. The van der Waals surface area contributed by atoms with Crippen LogP contribution in [0.1, 0.15) is 34.8 Å². The van der Waals surface area contributed by atoms with E-state index in [4.69, 9.17) is 0 Å². The van der Waals surface area contributed by atoms with Crippen LogP contribution >= 0.6 is 0 Å². The average molecular weight is 517 g/mol. The zero-order chi connectivity index (χ0) is 25.9. The van der Waals surface area contributed by atoms with Crippen molar-refractivity contribution in [2.75, 3.05) is 29.1 Å². The second-order valence-corrected chi connectivity index (χ2v) is 11.2. The topological polar surface area (TPSA) is 66.5 Å². The fourth-order valence-corrected chi connectivity index (χ4v) is 5.22. The van der Waals surface area contributed by atoms with Gasteiger partial charge in [0, 0.05) is 30.0 Å². The molecule has 0 aliphatic carbocycles. The number of carbonyl (C=O) groups is 1. The lowest BCUT2D eigenvalue weighted by Crippen LogP contribution is -2.20. The summed E-state index contributed by atoms with van der Waals surface area (Å²) in [5.41, 5.74) is 2.22. The molecule has 3 aromatic carbocycles. The number of rotatable bonds is 7. The number of benzene rings is 3. The molecule has 1 unspecified atom stereocenters. The van der Waals surface area contributed by atoms with Gasteiger partial charge in [0.1, 0.15) is 0 Å². The Morgan fingerprint density at radius 2 is 1.61 bits per heavy atom. The molecule has 0 saturated carbocycles. The molecule has 0 radical (unpaired) electrons. The molecule has 0 spiro atoms. The second kappa shape index (κ2) is 10.3. The van der Waals surface area contributed by atoms with Gasteiger partial charge in [0.25, 0.3) is 5.91 Å². The van der Waals surface area contributed by atoms with Gasteiger partial charge in [0.05, 0.1) is 16.2 Å². The summed E-state index contributed by atoms with van der Waals surface area (Å²) >= 11 is 0. The van der Waals surface area contributed by atoms with Crippen molar-refractivity contribution < 1.29 is 26.4 Å². The SMILES string of the molecule is CCS(=O)(=O)c1ccc(NC(=O)c2ccc(N3CCC(Cc4ccc(C(F)(F)F)cc4)C3)cc2)cc1. The first-order chi connectivity index (χ1) is 17.0. The summed E-state index contributed by atoms with van der Waals surface area (Å²) in [4.78, 5) is 15.0. The lowest BCUT2D eigenvalue weighted by molar-refractivity contribution is -0.137. The van der Waals surface area contributed by atoms with Crippen LogP contribution in [0.25, 0.3) is 0 Å². The zero-order valence-electron chi connectivity index (χ0n) is 19.8. The van der Waals surface area contributed by atoms with E-state index in [1.54, 1.807) is 43.3 Å². The number of hydrogen-bond donors (Lipinski definition) is 1. The molecule has 4 rings (SSSR count). The fraction of sp³-hybridized carbons (Fsp3) is 0.296. The molecule has 0 aromatic heterocycles. The van der Waals surface area contributed by atoms with E-state index in [1.807, 2.05) is 12.1 Å². The number of hydrogen-bond acceptors (Lipinski definition) is 4. The highest BCUT2D eigenvalue weighted by molar-refractivity contribution is 7.91. The standard InChI is InChI=1S/C27H27F3N2O3S/c1-2-36(34,35)25-13-9-23(10-14-25)31-26(33)21-5-11-24(12-6-21)32-16-15-20(18-32)17-19-3-7-22(8-4-19)27(28,29)30/h3-14,20H,2,15-18H2,1H3,(H,31,33). The zero-order valence-corrected chi connectivity index (χ0v) is 20.6. The summed E-state index contributed by atoms with van der Waals surface area (Å²) in [6.07, 6.45) is -2.67. The highest BCUT2D eigenvalue weighted by atomic mass is 32.2. The van der Waals surface area contributed by atoms with Crippen LogP contribution in [0.3, 0.4) is 0 Å². The van der Waals surface area contributed by atoms with Crippen molar-refractivity contribution in [3.05, 3.63) is 89.5 Å². The Hall–Kier alpha value is -3.33. The first-order valence-corrected chi connectivity index (χ1v) is 13.4. The van der Waals surface area contributed by atoms with E-state index in [0.717, 1.165) is 42.9 Å². The van der Waals surface area contributed by atoms with E-state index < -0.39 is 21.6 Å². The molecule has 9 heteroatoms. The Balaban J connectivity index is 1.32. The molecule has 1 atom stereocenters. The van der Waals surface area contributed by atoms with Crippen LogP contribution < -0.4 is 10.2 Å². The first kappa shape index (κ1) is 25.8. The molecule has 190 valence electrons. The number of anilines is 2. The monoisotopic (exact) mass is 516 g/mol. The third kappa shape index (κ3) is 6.07. The lowest BCUT2D eigenvalue weighted by atomic mass is 9.98. The minimum Gasteiger partial charge on any atom is -0.371 e. The Morgan fingerprint density at radius 3 is 2.19 bits per heavy atom. The molecule has 1 aliphatic heterocycles. The maximum atomic E-state index is 12.8. The smallest absolute Gasteiger partial charge is 0.371 e. The van der Waals surface area contributed by atoms with Gasteiger partial charge in [-0.25, -0.2) is 8.42 Å². The van der Waals surface area contributed by atoms with Gasteiger partial charge in [-0.1, -0.05) is 19.1 Å². The van der Waals surface area contributed by atoms with Gasteiger partial charge in [0.15, 0.2) is 9.84 Å². The fourth-order valence-electron chi connectivity index (χ4n) is 4.34. The van der Waals surface area contributed by atoms with E-state index >= 15 is 0 Å². The number of sulfone groups is 1. The maximum absolute atomic E-state index is 12.8. The molecular weight excluding hydrogens is 489 g/mol. The Morgan fingerprint density at radius 1 is 0.972 bits per heavy atom. The van der Waals surface area contributed by atoms with Crippen LogP contribution in [-0.4, -0.2) is 33.2 Å². The van der Waals surface area contributed by atoms with Crippen LogP contribution in [0, 0.1) is 5.92 Å². The molecule has 1 amide bonds. The summed E-state index contributed by atoms with van der Waals surface area (Å²) in [5.74, 6) is 0.0520. The minimum absolute atomic E-state index is 0.0118. The van der Waals surface area contributed by atoms with Crippen molar-refractivity contribution >= 4 is 27.1 Å². The molecule has 1 aliphatic rings. The summed E-state index contributed by atoms with van der Waals surface area (Å²) in [5, 5.41) is 2.77. The normalized spacial score (nSPS) is 16.2. The number of amides is 1. The molecular formula is C27H27F3N2O3S. The number of nitrogens with zero attached hydrogens (tertiary/aromatic N) is 1. The van der Waals surface area contributed by atoms with Gasteiger partial charge in [-0.05, 0) is 85.0 Å². The first-order valence-electron chi connectivity index (χ1n) is 11.7. The van der Waals surface area contributed by atoms with Gasteiger partial charge >= 0.3 is 6.18 Å². The maximum Gasteiger partial charge on any atom is 0.416 e. The summed E-state index contributed by atoms with van der Waals surface area (Å²) in [6, 6.07) is 18.7. The molecule has 1 saturated heterocycles.